The zero-order chi connectivity index (χ0) is 19.4. The van der Waals surface area contributed by atoms with Gasteiger partial charge in [0.05, 0.1) is 19.3 Å². The molecule has 0 N–H and O–H groups in total. The normalized spacial score (nSPS) is 21.7. The Hall–Kier alpha value is -2.91. The van der Waals surface area contributed by atoms with E-state index in [9.17, 15) is 14.9 Å². The summed E-state index contributed by atoms with van der Waals surface area (Å²) in [6.45, 7) is 4.94. The standard InChI is InChI=1S/C21H22N2O4/c1-3-26-16-8-6-15(7-9-16)11-18-14(2)19(12-22)21(25)23(20(18)24)13-17-5-4-10-27-17/h6-9,11,17H,3-5,10,13H2,1-2H3/b18-11+. The molecular formula is C21H22N2O4. The molecule has 27 heavy (non-hydrogen) atoms. The number of carbonyl (C=O) groups excluding carboxylic acids is 2. The summed E-state index contributed by atoms with van der Waals surface area (Å²) in [5.74, 6) is -0.185. The van der Waals surface area contributed by atoms with Crippen LogP contribution < -0.4 is 4.74 Å². The quantitative estimate of drug-likeness (QED) is 0.591. The highest BCUT2D eigenvalue weighted by atomic mass is 16.5. The smallest absolute Gasteiger partial charge is 0.271 e. The molecule has 6 nitrogen and oxygen atoms in total. The van der Waals surface area contributed by atoms with Crippen LogP contribution in [0.2, 0.25) is 0 Å². The minimum atomic E-state index is -0.542. The number of hydrogen-bond acceptors (Lipinski definition) is 5. The second-order valence-electron chi connectivity index (χ2n) is 6.53. The summed E-state index contributed by atoms with van der Waals surface area (Å²) in [5, 5.41) is 9.43. The van der Waals surface area contributed by atoms with Crippen LogP contribution in [0.1, 0.15) is 32.3 Å². The van der Waals surface area contributed by atoms with E-state index in [0.717, 1.165) is 29.1 Å². The maximum absolute atomic E-state index is 13.0. The molecule has 0 aliphatic carbocycles. The fourth-order valence-corrected chi connectivity index (χ4v) is 3.28. The highest BCUT2D eigenvalue weighted by molar-refractivity contribution is 6.19. The molecule has 1 atom stereocenters. The van der Waals surface area contributed by atoms with Crippen LogP contribution >= 0.6 is 0 Å². The first-order chi connectivity index (χ1) is 13.0. The summed E-state index contributed by atoms with van der Waals surface area (Å²) in [7, 11) is 0. The number of ether oxygens (including phenoxy) is 2. The summed E-state index contributed by atoms with van der Waals surface area (Å²) >= 11 is 0. The Morgan fingerprint density at radius 1 is 1.30 bits per heavy atom. The largest absolute Gasteiger partial charge is 0.494 e. The van der Waals surface area contributed by atoms with Gasteiger partial charge in [0.15, 0.2) is 0 Å². The average Bonchev–Trinajstić information content (AvgIpc) is 3.18. The van der Waals surface area contributed by atoms with Crippen molar-refractivity contribution in [1.29, 1.82) is 5.26 Å². The van der Waals surface area contributed by atoms with Crippen molar-refractivity contribution in [3.8, 4) is 11.8 Å². The number of nitrogens with zero attached hydrogens (tertiary/aromatic N) is 2. The van der Waals surface area contributed by atoms with Gasteiger partial charge in [0, 0.05) is 12.2 Å². The minimum absolute atomic E-state index is 0.00443. The second-order valence-corrected chi connectivity index (χ2v) is 6.53. The molecule has 0 aromatic heterocycles. The van der Waals surface area contributed by atoms with E-state index in [1.54, 1.807) is 13.0 Å². The van der Waals surface area contributed by atoms with Gasteiger partial charge in [0.2, 0.25) is 0 Å². The topological polar surface area (TPSA) is 79.6 Å². The highest BCUT2D eigenvalue weighted by Crippen LogP contribution is 2.28. The fourth-order valence-electron chi connectivity index (χ4n) is 3.28. The molecule has 0 spiro atoms. The SMILES string of the molecule is CCOc1ccc(/C=C2/C(=O)N(CC3CCCO3)C(=O)C(C#N)=C2C)cc1. The Morgan fingerprint density at radius 3 is 2.63 bits per heavy atom. The molecule has 0 radical (unpaired) electrons. The van der Waals surface area contributed by atoms with Crippen LogP contribution in [-0.4, -0.2) is 42.6 Å². The molecule has 6 heteroatoms. The lowest BCUT2D eigenvalue weighted by Gasteiger charge is -2.29. The monoisotopic (exact) mass is 366 g/mol. The maximum Gasteiger partial charge on any atom is 0.271 e. The molecule has 2 amide bonds. The average molecular weight is 366 g/mol. The van der Waals surface area contributed by atoms with E-state index < -0.39 is 5.91 Å². The Balaban J connectivity index is 1.94. The molecule has 140 valence electrons. The summed E-state index contributed by atoms with van der Waals surface area (Å²) in [6, 6.07) is 9.28. The predicted octanol–water partition coefficient (Wildman–Crippen LogP) is 2.86. The molecule has 2 heterocycles. The predicted molar refractivity (Wildman–Crippen MR) is 99.6 cm³/mol. The Labute approximate surface area is 158 Å². The number of amides is 2. The van der Waals surface area contributed by atoms with Crippen LogP contribution in [0.5, 0.6) is 5.75 Å². The first kappa shape index (κ1) is 18.9. The molecular weight excluding hydrogens is 344 g/mol. The summed E-state index contributed by atoms with van der Waals surface area (Å²) in [4.78, 5) is 26.7. The van der Waals surface area contributed by atoms with Crippen molar-refractivity contribution in [1.82, 2.24) is 4.90 Å². The molecule has 2 aliphatic heterocycles. The van der Waals surface area contributed by atoms with Crippen molar-refractivity contribution in [2.24, 2.45) is 0 Å². The Kier molecular flexibility index (Phi) is 5.72. The lowest BCUT2D eigenvalue weighted by molar-refractivity contribution is -0.142. The van der Waals surface area contributed by atoms with E-state index in [-0.39, 0.29) is 24.1 Å². The van der Waals surface area contributed by atoms with Gasteiger partial charge in [0.1, 0.15) is 17.4 Å². The maximum atomic E-state index is 13.0. The zero-order valence-electron chi connectivity index (χ0n) is 15.5. The third-order valence-electron chi connectivity index (χ3n) is 4.74. The number of rotatable bonds is 5. The minimum Gasteiger partial charge on any atom is -0.494 e. The molecule has 1 aromatic rings. The molecule has 1 unspecified atom stereocenters. The van der Waals surface area contributed by atoms with Crippen molar-refractivity contribution in [2.75, 3.05) is 19.8 Å². The second kappa shape index (κ2) is 8.19. The van der Waals surface area contributed by atoms with Gasteiger partial charge in [-0.2, -0.15) is 5.26 Å². The van der Waals surface area contributed by atoms with Gasteiger partial charge in [-0.15, -0.1) is 0 Å². The van der Waals surface area contributed by atoms with E-state index >= 15 is 0 Å². The van der Waals surface area contributed by atoms with Crippen molar-refractivity contribution < 1.29 is 19.1 Å². The van der Waals surface area contributed by atoms with Crippen LogP contribution in [0.25, 0.3) is 6.08 Å². The van der Waals surface area contributed by atoms with Gasteiger partial charge in [-0.1, -0.05) is 12.1 Å². The molecule has 2 aliphatic rings. The van der Waals surface area contributed by atoms with Gasteiger partial charge in [-0.3, -0.25) is 14.5 Å². The molecule has 0 bridgehead atoms. The number of nitriles is 1. The third kappa shape index (κ3) is 3.93. The van der Waals surface area contributed by atoms with E-state index in [0.29, 0.717) is 24.4 Å². The van der Waals surface area contributed by atoms with Crippen molar-refractivity contribution in [3.63, 3.8) is 0 Å². The number of carbonyl (C=O) groups is 2. The van der Waals surface area contributed by atoms with Crippen LogP contribution in [-0.2, 0) is 14.3 Å². The van der Waals surface area contributed by atoms with Gasteiger partial charge >= 0.3 is 0 Å². The Bertz CT molecular complexity index is 840. The van der Waals surface area contributed by atoms with Gasteiger partial charge < -0.3 is 9.47 Å². The van der Waals surface area contributed by atoms with Crippen LogP contribution in [0.3, 0.4) is 0 Å². The molecule has 3 rings (SSSR count). The summed E-state index contributed by atoms with van der Waals surface area (Å²) < 4.78 is 11.0. The van der Waals surface area contributed by atoms with Crippen LogP contribution in [0.4, 0.5) is 0 Å². The van der Waals surface area contributed by atoms with E-state index in [2.05, 4.69) is 0 Å². The van der Waals surface area contributed by atoms with Crippen LogP contribution in [0, 0.1) is 11.3 Å². The summed E-state index contributed by atoms with van der Waals surface area (Å²) in [5.41, 5.74) is 1.56. The zero-order valence-corrected chi connectivity index (χ0v) is 15.5. The van der Waals surface area contributed by atoms with Crippen molar-refractivity contribution >= 4 is 17.9 Å². The van der Waals surface area contributed by atoms with Gasteiger partial charge in [-0.25, -0.2) is 0 Å². The van der Waals surface area contributed by atoms with E-state index in [1.807, 2.05) is 37.3 Å². The lowest BCUT2D eigenvalue weighted by atomic mass is 9.93. The highest BCUT2D eigenvalue weighted by Gasteiger charge is 2.37. The third-order valence-corrected chi connectivity index (χ3v) is 4.74. The lowest BCUT2D eigenvalue weighted by Crippen LogP contribution is -2.46. The van der Waals surface area contributed by atoms with E-state index in [4.69, 9.17) is 9.47 Å². The molecule has 1 fully saturated rings. The summed E-state index contributed by atoms with van der Waals surface area (Å²) in [6.07, 6.45) is 3.26. The van der Waals surface area contributed by atoms with Crippen molar-refractivity contribution in [3.05, 3.63) is 46.5 Å². The number of benzene rings is 1. The van der Waals surface area contributed by atoms with Crippen LogP contribution in [0.15, 0.2) is 41.0 Å². The van der Waals surface area contributed by atoms with E-state index in [1.165, 1.54) is 0 Å². The van der Waals surface area contributed by atoms with Crippen molar-refractivity contribution in [2.45, 2.75) is 32.8 Å². The first-order valence-corrected chi connectivity index (χ1v) is 9.08. The van der Waals surface area contributed by atoms with Gasteiger partial charge in [-0.05, 0) is 56.0 Å². The number of hydrogen-bond donors (Lipinski definition) is 0. The van der Waals surface area contributed by atoms with Gasteiger partial charge in [0.25, 0.3) is 11.8 Å². The fraction of sp³-hybridized carbons (Fsp3) is 0.381. The molecule has 1 aromatic carbocycles. The molecule has 1 saturated heterocycles. The Morgan fingerprint density at radius 2 is 2.04 bits per heavy atom. The first-order valence-electron chi connectivity index (χ1n) is 9.08. The number of imide groups is 1. The molecule has 0 saturated carbocycles.